The zero-order valence-corrected chi connectivity index (χ0v) is 19.7. The fourth-order valence-electron chi connectivity index (χ4n) is 7.46. The molecule has 8 nitrogen and oxygen atoms in total. The van der Waals surface area contributed by atoms with E-state index in [0.29, 0.717) is 22.5 Å². The third-order valence-corrected chi connectivity index (χ3v) is 8.62. The molecule has 166 valence electrons. The fourth-order valence-corrected chi connectivity index (χ4v) is 7.72. The van der Waals surface area contributed by atoms with Crippen molar-refractivity contribution in [2.24, 2.45) is 24.3 Å². The molecule has 1 amide bonds. The van der Waals surface area contributed by atoms with Crippen LogP contribution in [0.25, 0.3) is 0 Å². The lowest BCUT2D eigenvalue weighted by Crippen LogP contribution is -2.62. The van der Waals surface area contributed by atoms with E-state index in [1.54, 1.807) is 0 Å². The molecule has 4 bridgehead atoms. The van der Waals surface area contributed by atoms with E-state index in [9.17, 15) is 4.79 Å². The summed E-state index contributed by atoms with van der Waals surface area (Å²) in [6.45, 7) is 4.45. The molecule has 4 aliphatic carbocycles. The summed E-state index contributed by atoms with van der Waals surface area (Å²) in [6, 6.07) is 0. The summed E-state index contributed by atoms with van der Waals surface area (Å²) in [6.07, 6.45) is 12.5. The van der Waals surface area contributed by atoms with E-state index in [2.05, 4.69) is 51.8 Å². The zero-order valence-electron chi connectivity index (χ0n) is 18.1. The van der Waals surface area contributed by atoms with Crippen LogP contribution in [-0.4, -0.2) is 66.4 Å². The SMILES string of the molecule is Cn1cc(CN2CCN(C(=O)C34CC5CC(C3)CC(n3cnc(Br)n3)(C5)C4)CC2)cn1. The molecule has 4 saturated carbocycles. The van der Waals surface area contributed by atoms with Gasteiger partial charge in [-0.25, -0.2) is 9.67 Å². The number of hydrogen-bond acceptors (Lipinski definition) is 5. The number of rotatable bonds is 4. The number of hydrogen-bond donors (Lipinski definition) is 0. The number of aryl methyl sites for hydroxylation is 1. The summed E-state index contributed by atoms with van der Waals surface area (Å²) in [5.41, 5.74) is 1.01. The molecule has 31 heavy (non-hydrogen) atoms. The first kappa shape index (κ1) is 19.9. The third-order valence-electron chi connectivity index (χ3n) is 8.26. The van der Waals surface area contributed by atoms with Gasteiger partial charge in [-0.1, -0.05) is 0 Å². The number of nitrogens with zero attached hydrogens (tertiary/aromatic N) is 7. The van der Waals surface area contributed by atoms with Crippen molar-refractivity contribution in [1.82, 2.24) is 34.3 Å². The van der Waals surface area contributed by atoms with E-state index in [4.69, 9.17) is 0 Å². The van der Waals surface area contributed by atoms with Crippen molar-refractivity contribution in [2.75, 3.05) is 26.2 Å². The van der Waals surface area contributed by atoms with E-state index in [-0.39, 0.29) is 11.0 Å². The van der Waals surface area contributed by atoms with Gasteiger partial charge in [-0.05, 0) is 66.3 Å². The Morgan fingerprint density at radius 3 is 2.52 bits per heavy atom. The van der Waals surface area contributed by atoms with E-state index >= 15 is 0 Å². The molecule has 0 aromatic carbocycles. The van der Waals surface area contributed by atoms with Gasteiger partial charge in [0.05, 0.1) is 17.2 Å². The molecule has 5 fully saturated rings. The highest BCUT2D eigenvalue weighted by Crippen LogP contribution is 2.64. The number of halogens is 1. The van der Waals surface area contributed by atoms with Crippen LogP contribution in [-0.2, 0) is 23.9 Å². The number of carbonyl (C=O) groups is 1. The van der Waals surface area contributed by atoms with Gasteiger partial charge < -0.3 is 4.90 Å². The summed E-state index contributed by atoms with van der Waals surface area (Å²) < 4.78 is 4.59. The van der Waals surface area contributed by atoms with Gasteiger partial charge in [0.2, 0.25) is 10.6 Å². The molecular formula is C22H30BrN7O. The first-order valence-corrected chi connectivity index (χ1v) is 12.3. The Balaban J connectivity index is 1.17. The second-order valence-corrected chi connectivity index (χ2v) is 11.2. The molecule has 2 aromatic heterocycles. The van der Waals surface area contributed by atoms with Crippen LogP contribution >= 0.6 is 15.9 Å². The Labute approximate surface area is 191 Å². The maximum absolute atomic E-state index is 13.9. The van der Waals surface area contributed by atoms with Gasteiger partial charge in [0, 0.05) is 51.5 Å². The van der Waals surface area contributed by atoms with Crippen LogP contribution in [0.2, 0.25) is 0 Å². The maximum Gasteiger partial charge on any atom is 0.228 e. The lowest BCUT2D eigenvalue weighted by atomic mass is 9.46. The summed E-state index contributed by atoms with van der Waals surface area (Å²) in [7, 11) is 1.95. The van der Waals surface area contributed by atoms with Crippen molar-refractivity contribution in [3.63, 3.8) is 0 Å². The van der Waals surface area contributed by atoms with Gasteiger partial charge in [-0.2, -0.15) is 5.10 Å². The maximum atomic E-state index is 13.9. The summed E-state index contributed by atoms with van der Waals surface area (Å²) in [5.74, 6) is 1.69. The largest absolute Gasteiger partial charge is 0.340 e. The van der Waals surface area contributed by atoms with Crippen LogP contribution < -0.4 is 0 Å². The highest BCUT2D eigenvalue weighted by atomic mass is 79.9. The smallest absolute Gasteiger partial charge is 0.228 e. The second-order valence-electron chi connectivity index (χ2n) is 10.5. The molecule has 3 heterocycles. The minimum Gasteiger partial charge on any atom is -0.340 e. The number of piperazine rings is 1. The minimum absolute atomic E-state index is 0.0269. The molecular weight excluding hydrogens is 458 g/mol. The Bertz CT molecular complexity index is 978. The van der Waals surface area contributed by atoms with Gasteiger partial charge in [0.15, 0.2) is 0 Å². The van der Waals surface area contributed by atoms with E-state index in [1.807, 2.05) is 24.3 Å². The molecule has 0 N–H and O–H groups in total. The van der Waals surface area contributed by atoms with Crippen LogP contribution in [0.15, 0.2) is 23.5 Å². The number of amides is 1. The third kappa shape index (κ3) is 3.35. The molecule has 2 atom stereocenters. The minimum atomic E-state index is -0.200. The lowest BCUT2D eigenvalue weighted by Gasteiger charge is -2.61. The van der Waals surface area contributed by atoms with Crippen molar-refractivity contribution in [1.29, 1.82) is 0 Å². The average Bonchev–Trinajstić information content (AvgIpc) is 3.35. The first-order valence-electron chi connectivity index (χ1n) is 11.5. The van der Waals surface area contributed by atoms with E-state index in [1.165, 1.54) is 12.0 Å². The molecule has 5 aliphatic rings. The predicted octanol–water partition coefficient (Wildman–Crippen LogP) is 2.41. The summed E-state index contributed by atoms with van der Waals surface area (Å²) in [5, 5.41) is 8.91. The lowest BCUT2D eigenvalue weighted by molar-refractivity contribution is -0.168. The molecule has 7 rings (SSSR count). The van der Waals surface area contributed by atoms with Crippen molar-refractivity contribution < 1.29 is 4.79 Å². The fraction of sp³-hybridized carbons (Fsp3) is 0.727. The molecule has 2 unspecified atom stereocenters. The molecule has 1 saturated heterocycles. The Morgan fingerprint density at radius 1 is 1.16 bits per heavy atom. The van der Waals surface area contributed by atoms with Crippen molar-refractivity contribution >= 4 is 21.8 Å². The van der Waals surface area contributed by atoms with Gasteiger partial charge >= 0.3 is 0 Å². The molecule has 0 spiro atoms. The first-order chi connectivity index (χ1) is 14.9. The van der Waals surface area contributed by atoms with Crippen molar-refractivity contribution in [3.05, 3.63) is 29.0 Å². The molecule has 9 heteroatoms. The quantitative estimate of drug-likeness (QED) is 0.661. The van der Waals surface area contributed by atoms with E-state index < -0.39 is 0 Å². The monoisotopic (exact) mass is 487 g/mol. The van der Waals surface area contributed by atoms with Gasteiger partial charge in [0.1, 0.15) is 6.33 Å². The Kier molecular flexibility index (Phi) is 4.58. The van der Waals surface area contributed by atoms with Gasteiger partial charge in [0.25, 0.3) is 0 Å². The molecule has 0 radical (unpaired) electrons. The Morgan fingerprint density at radius 2 is 1.90 bits per heavy atom. The second kappa shape index (κ2) is 7.13. The highest BCUT2D eigenvalue weighted by molar-refractivity contribution is 9.10. The van der Waals surface area contributed by atoms with Gasteiger partial charge in [-0.3, -0.25) is 14.4 Å². The zero-order chi connectivity index (χ0) is 21.2. The topological polar surface area (TPSA) is 72.1 Å². The molecule has 2 aromatic rings. The van der Waals surface area contributed by atoms with Crippen molar-refractivity contribution in [3.8, 4) is 0 Å². The predicted molar refractivity (Wildman–Crippen MR) is 118 cm³/mol. The van der Waals surface area contributed by atoms with Crippen LogP contribution in [0.5, 0.6) is 0 Å². The van der Waals surface area contributed by atoms with Crippen molar-refractivity contribution in [2.45, 2.75) is 50.6 Å². The normalized spacial score (nSPS) is 35.1. The summed E-state index contributed by atoms with van der Waals surface area (Å²) >= 11 is 3.42. The standard InChI is InChI=1S/C22H30BrN7O/c1-27-12-18(11-25-27)13-28-2-4-29(5-3-28)19(31)21-7-16-6-17(8-21)10-22(9-16,14-21)30-15-24-20(23)26-30/h11-12,15-17H,2-10,13-14H2,1H3. The van der Waals surface area contributed by atoms with Crippen LogP contribution in [0, 0.1) is 17.3 Å². The highest BCUT2D eigenvalue weighted by Gasteiger charge is 2.62. The average molecular weight is 488 g/mol. The number of aromatic nitrogens is 5. The number of carbonyl (C=O) groups excluding carboxylic acids is 1. The van der Waals surface area contributed by atoms with Gasteiger partial charge in [-0.15, -0.1) is 5.10 Å². The van der Waals surface area contributed by atoms with Crippen LogP contribution in [0.1, 0.15) is 44.1 Å². The van der Waals surface area contributed by atoms with Crippen LogP contribution in [0.3, 0.4) is 0 Å². The van der Waals surface area contributed by atoms with Crippen LogP contribution in [0.4, 0.5) is 0 Å². The summed E-state index contributed by atoms with van der Waals surface area (Å²) in [4.78, 5) is 22.9. The van der Waals surface area contributed by atoms with E-state index in [0.717, 1.165) is 64.8 Å². The Hall–Kier alpha value is -1.74. The molecule has 1 aliphatic heterocycles.